The van der Waals surface area contributed by atoms with Crippen molar-refractivity contribution in [3.63, 3.8) is 0 Å². The van der Waals surface area contributed by atoms with Crippen LogP contribution in [0.1, 0.15) is 5.56 Å². The van der Waals surface area contributed by atoms with Crippen molar-refractivity contribution >= 4 is 21.6 Å². The highest BCUT2D eigenvalue weighted by atomic mass is 79.9. The number of ether oxygens (including phenoxy) is 1. The van der Waals surface area contributed by atoms with Gasteiger partial charge in [-0.3, -0.25) is 0 Å². The minimum Gasteiger partial charge on any atom is -0.383 e. The molecule has 1 aromatic carbocycles. The van der Waals surface area contributed by atoms with E-state index in [0.29, 0.717) is 12.2 Å². The lowest BCUT2D eigenvalue weighted by molar-refractivity contribution is 0.206. The van der Waals surface area contributed by atoms with E-state index in [1.165, 1.54) is 0 Å². The van der Waals surface area contributed by atoms with Crippen molar-refractivity contribution in [1.29, 1.82) is 5.26 Å². The fourth-order valence-corrected chi connectivity index (χ4v) is 1.64. The first-order valence-electron chi connectivity index (χ1n) is 4.58. The molecule has 0 saturated heterocycles. The van der Waals surface area contributed by atoms with Crippen molar-refractivity contribution < 1.29 is 4.74 Å². The van der Waals surface area contributed by atoms with E-state index in [-0.39, 0.29) is 0 Å². The van der Waals surface area contributed by atoms with E-state index < -0.39 is 0 Å². The van der Waals surface area contributed by atoms with Gasteiger partial charge in [0.1, 0.15) is 6.07 Å². The number of nitrogens with zero attached hydrogens (tertiary/aromatic N) is 2. The Balaban J connectivity index is 2.89. The number of methoxy groups -OCH3 is 1. The molecule has 0 atom stereocenters. The third-order valence-corrected chi connectivity index (χ3v) is 2.61. The third kappa shape index (κ3) is 3.22. The standard InChI is InChI=1S/C11H13BrN2O/c1-14(5-6-15-2)11-4-3-10(12)7-9(11)8-13/h3-4,7H,5-6H2,1-2H3. The Morgan fingerprint density at radius 2 is 2.27 bits per heavy atom. The van der Waals surface area contributed by atoms with Gasteiger partial charge in [0.15, 0.2) is 0 Å². The molecule has 0 aliphatic heterocycles. The lowest BCUT2D eigenvalue weighted by Gasteiger charge is -2.19. The van der Waals surface area contributed by atoms with Gasteiger partial charge in [0.05, 0.1) is 17.9 Å². The first-order chi connectivity index (χ1) is 7.19. The van der Waals surface area contributed by atoms with E-state index in [0.717, 1.165) is 16.7 Å². The Morgan fingerprint density at radius 1 is 1.53 bits per heavy atom. The van der Waals surface area contributed by atoms with Gasteiger partial charge in [0.25, 0.3) is 0 Å². The van der Waals surface area contributed by atoms with Crippen molar-refractivity contribution in [2.45, 2.75) is 0 Å². The van der Waals surface area contributed by atoms with Crippen LogP contribution in [-0.2, 0) is 4.74 Å². The smallest absolute Gasteiger partial charge is 0.101 e. The molecule has 0 aliphatic carbocycles. The molecular formula is C11H13BrN2O. The fourth-order valence-electron chi connectivity index (χ4n) is 1.28. The van der Waals surface area contributed by atoms with E-state index in [1.54, 1.807) is 7.11 Å². The molecule has 0 aromatic heterocycles. The van der Waals surface area contributed by atoms with Crippen LogP contribution in [0.3, 0.4) is 0 Å². The van der Waals surface area contributed by atoms with Gasteiger partial charge in [-0.15, -0.1) is 0 Å². The molecule has 15 heavy (non-hydrogen) atoms. The SMILES string of the molecule is COCCN(C)c1ccc(Br)cc1C#N. The molecule has 0 radical (unpaired) electrons. The van der Waals surface area contributed by atoms with Crippen LogP contribution in [0.5, 0.6) is 0 Å². The number of benzene rings is 1. The second-order valence-corrected chi connectivity index (χ2v) is 4.10. The van der Waals surface area contributed by atoms with Gasteiger partial charge in [-0.1, -0.05) is 15.9 Å². The zero-order valence-electron chi connectivity index (χ0n) is 8.83. The number of rotatable bonds is 4. The predicted molar refractivity (Wildman–Crippen MR) is 64.0 cm³/mol. The van der Waals surface area contributed by atoms with Crippen molar-refractivity contribution in [3.05, 3.63) is 28.2 Å². The minimum atomic E-state index is 0.650. The Labute approximate surface area is 98.4 Å². The molecule has 0 amide bonds. The Morgan fingerprint density at radius 3 is 2.87 bits per heavy atom. The van der Waals surface area contributed by atoms with E-state index in [2.05, 4.69) is 22.0 Å². The molecule has 1 rings (SSSR count). The highest BCUT2D eigenvalue weighted by Gasteiger charge is 2.07. The zero-order chi connectivity index (χ0) is 11.3. The van der Waals surface area contributed by atoms with Crippen LogP contribution < -0.4 is 4.90 Å². The van der Waals surface area contributed by atoms with Crippen LogP contribution in [0, 0.1) is 11.3 Å². The molecule has 0 spiro atoms. The van der Waals surface area contributed by atoms with Crippen molar-refractivity contribution in [2.75, 3.05) is 32.2 Å². The van der Waals surface area contributed by atoms with Crippen molar-refractivity contribution in [2.24, 2.45) is 0 Å². The van der Waals surface area contributed by atoms with Gasteiger partial charge in [-0.25, -0.2) is 0 Å². The number of anilines is 1. The maximum absolute atomic E-state index is 8.99. The number of hydrogen-bond donors (Lipinski definition) is 0. The lowest BCUT2D eigenvalue weighted by Crippen LogP contribution is -2.22. The fraction of sp³-hybridized carbons (Fsp3) is 0.364. The summed E-state index contributed by atoms with van der Waals surface area (Å²) in [7, 11) is 3.61. The Hall–Kier alpha value is -1.05. The summed E-state index contributed by atoms with van der Waals surface area (Å²) in [5.74, 6) is 0. The molecule has 0 N–H and O–H groups in total. The molecule has 0 heterocycles. The van der Waals surface area contributed by atoms with Gasteiger partial charge in [-0.2, -0.15) is 5.26 Å². The first-order valence-corrected chi connectivity index (χ1v) is 5.38. The largest absolute Gasteiger partial charge is 0.383 e. The normalized spacial score (nSPS) is 9.73. The number of nitriles is 1. The monoisotopic (exact) mass is 268 g/mol. The molecule has 4 heteroatoms. The van der Waals surface area contributed by atoms with Gasteiger partial charge < -0.3 is 9.64 Å². The summed E-state index contributed by atoms with van der Waals surface area (Å²) in [5.41, 5.74) is 1.60. The molecule has 0 aliphatic rings. The van der Waals surface area contributed by atoms with E-state index in [9.17, 15) is 0 Å². The van der Waals surface area contributed by atoms with Crippen LogP contribution in [0.2, 0.25) is 0 Å². The zero-order valence-corrected chi connectivity index (χ0v) is 10.4. The average Bonchev–Trinajstić information content (AvgIpc) is 2.25. The summed E-state index contributed by atoms with van der Waals surface area (Å²) in [6.45, 7) is 1.42. The second kappa shape index (κ2) is 5.74. The number of halogens is 1. The number of likely N-dealkylation sites (N-methyl/N-ethyl adjacent to an activating group) is 1. The van der Waals surface area contributed by atoms with Crippen molar-refractivity contribution in [3.8, 4) is 6.07 Å². The van der Waals surface area contributed by atoms with Crippen LogP contribution in [0.4, 0.5) is 5.69 Å². The minimum absolute atomic E-state index is 0.650. The maximum atomic E-state index is 8.99. The molecular weight excluding hydrogens is 256 g/mol. The Bertz CT molecular complexity index is 373. The second-order valence-electron chi connectivity index (χ2n) is 3.19. The van der Waals surface area contributed by atoms with Crippen molar-refractivity contribution in [1.82, 2.24) is 0 Å². The van der Waals surface area contributed by atoms with E-state index in [4.69, 9.17) is 10.00 Å². The molecule has 0 bridgehead atoms. The summed E-state index contributed by atoms with van der Waals surface area (Å²) in [6.07, 6.45) is 0. The molecule has 0 fully saturated rings. The highest BCUT2D eigenvalue weighted by Crippen LogP contribution is 2.22. The summed E-state index contributed by atoms with van der Waals surface area (Å²) < 4.78 is 5.92. The van der Waals surface area contributed by atoms with Gasteiger partial charge in [0, 0.05) is 25.2 Å². The van der Waals surface area contributed by atoms with Gasteiger partial charge in [0.2, 0.25) is 0 Å². The topological polar surface area (TPSA) is 36.3 Å². The van der Waals surface area contributed by atoms with E-state index >= 15 is 0 Å². The quantitative estimate of drug-likeness (QED) is 0.842. The molecule has 3 nitrogen and oxygen atoms in total. The van der Waals surface area contributed by atoms with E-state index in [1.807, 2.05) is 30.1 Å². The van der Waals surface area contributed by atoms with Crippen LogP contribution in [0.15, 0.2) is 22.7 Å². The molecule has 0 unspecified atom stereocenters. The summed E-state index contributed by atoms with van der Waals surface area (Å²) >= 11 is 3.34. The Kier molecular flexibility index (Phi) is 4.60. The summed E-state index contributed by atoms with van der Waals surface area (Å²) in [5, 5.41) is 8.99. The maximum Gasteiger partial charge on any atom is 0.101 e. The molecule has 0 saturated carbocycles. The average molecular weight is 269 g/mol. The summed E-state index contributed by atoms with van der Waals surface area (Å²) in [4.78, 5) is 2.01. The van der Waals surface area contributed by atoms with Crippen LogP contribution in [0.25, 0.3) is 0 Å². The van der Waals surface area contributed by atoms with Crippen LogP contribution >= 0.6 is 15.9 Å². The highest BCUT2D eigenvalue weighted by molar-refractivity contribution is 9.10. The van der Waals surface area contributed by atoms with Gasteiger partial charge >= 0.3 is 0 Å². The molecule has 1 aromatic rings. The number of hydrogen-bond acceptors (Lipinski definition) is 3. The predicted octanol–water partition coefficient (Wildman–Crippen LogP) is 2.40. The summed E-state index contributed by atoms with van der Waals surface area (Å²) in [6, 6.07) is 7.86. The van der Waals surface area contributed by atoms with Gasteiger partial charge in [-0.05, 0) is 18.2 Å². The first kappa shape index (κ1) is 12.0. The van der Waals surface area contributed by atoms with Crippen LogP contribution in [-0.4, -0.2) is 27.3 Å². The third-order valence-electron chi connectivity index (χ3n) is 2.12. The lowest BCUT2D eigenvalue weighted by atomic mass is 10.2. The molecule has 80 valence electrons.